The van der Waals surface area contributed by atoms with Gasteiger partial charge in [-0.2, -0.15) is 0 Å². The highest BCUT2D eigenvalue weighted by Gasteiger charge is 2.28. The van der Waals surface area contributed by atoms with Gasteiger partial charge in [-0.1, -0.05) is 55.9 Å². The molecule has 1 aromatic rings. The summed E-state index contributed by atoms with van der Waals surface area (Å²) in [5.41, 5.74) is 3.33. The molecule has 0 heterocycles. The lowest BCUT2D eigenvalue weighted by atomic mass is 9.97. The largest absolute Gasteiger partial charge is 0.442 e. The van der Waals surface area contributed by atoms with Gasteiger partial charge in [0.25, 0.3) is 0 Å². The van der Waals surface area contributed by atoms with E-state index in [4.69, 9.17) is 4.74 Å². The molecule has 96 valence electrons. The van der Waals surface area contributed by atoms with Crippen molar-refractivity contribution in [3.8, 4) is 11.5 Å². The van der Waals surface area contributed by atoms with Crippen LogP contribution in [0.2, 0.25) is 19.6 Å². The molecule has 0 radical (unpaired) electrons. The van der Waals surface area contributed by atoms with E-state index in [1.807, 2.05) is 37.3 Å². The number of esters is 1. The second-order valence-electron chi connectivity index (χ2n) is 5.49. The van der Waals surface area contributed by atoms with E-state index in [9.17, 15) is 4.79 Å². The molecule has 1 rings (SSSR count). The summed E-state index contributed by atoms with van der Waals surface area (Å²) in [5, 5.41) is 0. The average Bonchev–Trinajstić information content (AvgIpc) is 2.26. The van der Waals surface area contributed by atoms with Crippen LogP contribution in [0, 0.1) is 11.5 Å². The maximum atomic E-state index is 11.3. The van der Waals surface area contributed by atoms with E-state index in [0.717, 1.165) is 5.56 Å². The van der Waals surface area contributed by atoms with E-state index in [1.165, 1.54) is 6.92 Å². The van der Waals surface area contributed by atoms with Crippen LogP contribution in [0.15, 0.2) is 30.3 Å². The SMILES string of the molecule is CC(=O)OC(C)(C#C[Si](C)(C)C)c1ccccc1. The van der Waals surface area contributed by atoms with E-state index < -0.39 is 13.7 Å². The highest BCUT2D eigenvalue weighted by Crippen LogP contribution is 2.25. The molecule has 18 heavy (non-hydrogen) atoms. The third-order valence-corrected chi connectivity index (χ3v) is 3.22. The lowest BCUT2D eigenvalue weighted by Crippen LogP contribution is -2.28. The Morgan fingerprint density at radius 1 is 1.22 bits per heavy atom. The summed E-state index contributed by atoms with van der Waals surface area (Å²) in [5.74, 6) is 2.84. The summed E-state index contributed by atoms with van der Waals surface area (Å²) in [6, 6.07) is 9.65. The van der Waals surface area contributed by atoms with Crippen molar-refractivity contribution in [2.45, 2.75) is 39.1 Å². The predicted octanol–water partition coefficient (Wildman–Crippen LogP) is 3.35. The third-order valence-electron chi connectivity index (χ3n) is 2.35. The molecule has 0 amide bonds. The maximum absolute atomic E-state index is 11.3. The predicted molar refractivity (Wildman–Crippen MR) is 76.7 cm³/mol. The van der Waals surface area contributed by atoms with Gasteiger partial charge in [0, 0.05) is 12.5 Å². The Morgan fingerprint density at radius 2 is 1.78 bits per heavy atom. The number of hydrogen-bond donors (Lipinski definition) is 0. The Labute approximate surface area is 110 Å². The van der Waals surface area contributed by atoms with Crippen LogP contribution in [0.3, 0.4) is 0 Å². The average molecular weight is 260 g/mol. The fraction of sp³-hybridized carbons (Fsp3) is 0.400. The van der Waals surface area contributed by atoms with Gasteiger partial charge in [0.05, 0.1) is 0 Å². The lowest BCUT2D eigenvalue weighted by molar-refractivity contribution is -0.151. The number of hydrogen-bond acceptors (Lipinski definition) is 2. The quantitative estimate of drug-likeness (QED) is 0.463. The van der Waals surface area contributed by atoms with Crippen molar-refractivity contribution in [3.63, 3.8) is 0 Å². The molecule has 0 spiro atoms. The molecule has 0 aliphatic carbocycles. The van der Waals surface area contributed by atoms with Crippen LogP contribution in [-0.2, 0) is 15.1 Å². The van der Waals surface area contributed by atoms with Gasteiger partial charge in [-0.15, -0.1) is 5.54 Å². The van der Waals surface area contributed by atoms with Crippen LogP contribution in [0.25, 0.3) is 0 Å². The topological polar surface area (TPSA) is 26.3 Å². The number of ether oxygens (including phenoxy) is 1. The summed E-state index contributed by atoms with van der Waals surface area (Å²) in [6.07, 6.45) is 0. The summed E-state index contributed by atoms with van der Waals surface area (Å²) < 4.78 is 5.43. The molecule has 3 heteroatoms. The molecular weight excluding hydrogens is 240 g/mol. The van der Waals surface area contributed by atoms with Gasteiger partial charge in [0.15, 0.2) is 5.60 Å². The van der Waals surface area contributed by atoms with Crippen molar-refractivity contribution >= 4 is 14.0 Å². The van der Waals surface area contributed by atoms with E-state index in [-0.39, 0.29) is 5.97 Å². The van der Waals surface area contributed by atoms with E-state index in [0.29, 0.717) is 0 Å². The van der Waals surface area contributed by atoms with Crippen molar-refractivity contribution in [1.82, 2.24) is 0 Å². The highest BCUT2D eigenvalue weighted by molar-refractivity contribution is 6.83. The third kappa shape index (κ3) is 4.38. The molecule has 0 aliphatic heterocycles. The molecule has 0 bridgehead atoms. The van der Waals surface area contributed by atoms with Crippen LogP contribution in [-0.4, -0.2) is 14.0 Å². The molecule has 1 atom stereocenters. The molecule has 0 aliphatic rings. The second-order valence-corrected chi connectivity index (χ2v) is 10.2. The van der Waals surface area contributed by atoms with Gasteiger partial charge in [0.2, 0.25) is 0 Å². The minimum Gasteiger partial charge on any atom is -0.442 e. The minimum absolute atomic E-state index is 0.314. The fourth-order valence-corrected chi connectivity index (χ4v) is 2.12. The number of rotatable bonds is 2. The highest BCUT2D eigenvalue weighted by atomic mass is 28.3. The van der Waals surface area contributed by atoms with Gasteiger partial charge < -0.3 is 4.74 Å². The van der Waals surface area contributed by atoms with Crippen molar-refractivity contribution in [2.75, 3.05) is 0 Å². The first-order valence-corrected chi connectivity index (χ1v) is 9.52. The lowest BCUT2D eigenvalue weighted by Gasteiger charge is -2.24. The van der Waals surface area contributed by atoms with Crippen molar-refractivity contribution < 1.29 is 9.53 Å². The Kier molecular flexibility index (Phi) is 4.36. The van der Waals surface area contributed by atoms with Gasteiger partial charge in [-0.25, -0.2) is 0 Å². The first-order chi connectivity index (χ1) is 8.23. The van der Waals surface area contributed by atoms with Crippen LogP contribution in [0.1, 0.15) is 19.4 Å². The molecule has 1 unspecified atom stereocenters. The molecule has 0 fully saturated rings. The zero-order chi connectivity index (χ0) is 13.8. The smallest absolute Gasteiger partial charge is 0.304 e. The number of benzene rings is 1. The Morgan fingerprint density at radius 3 is 2.22 bits per heavy atom. The molecule has 2 nitrogen and oxygen atoms in total. The normalized spacial score (nSPS) is 14.1. The first kappa shape index (κ1) is 14.5. The van der Waals surface area contributed by atoms with Crippen LogP contribution < -0.4 is 0 Å². The van der Waals surface area contributed by atoms with Gasteiger partial charge >= 0.3 is 5.97 Å². The van der Waals surface area contributed by atoms with Crippen molar-refractivity contribution in [3.05, 3.63) is 35.9 Å². The Bertz CT molecular complexity index is 477. The van der Waals surface area contributed by atoms with Crippen LogP contribution in [0.5, 0.6) is 0 Å². The van der Waals surface area contributed by atoms with E-state index in [2.05, 4.69) is 31.1 Å². The maximum Gasteiger partial charge on any atom is 0.304 e. The molecule has 0 aromatic heterocycles. The van der Waals surface area contributed by atoms with Gasteiger partial charge in [-0.05, 0) is 6.92 Å². The molecule has 1 aromatic carbocycles. The molecular formula is C15H20O2Si. The Balaban J connectivity index is 3.18. The summed E-state index contributed by atoms with van der Waals surface area (Å²) >= 11 is 0. The van der Waals surface area contributed by atoms with Crippen molar-refractivity contribution in [1.29, 1.82) is 0 Å². The van der Waals surface area contributed by atoms with E-state index in [1.54, 1.807) is 0 Å². The van der Waals surface area contributed by atoms with Crippen LogP contribution >= 0.6 is 0 Å². The fourth-order valence-electron chi connectivity index (χ4n) is 1.51. The Hall–Kier alpha value is -1.53. The molecule has 0 saturated carbocycles. The number of carbonyl (C=O) groups excluding carboxylic acids is 1. The monoisotopic (exact) mass is 260 g/mol. The first-order valence-electron chi connectivity index (χ1n) is 6.02. The van der Waals surface area contributed by atoms with E-state index >= 15 is 0 Å². The zero-order valence-corrected chi connectivity index (χ0v) is 12.7. The minimum atomic E-state index is -1.50. The van der Waals surface area contributed by atoms with Gasteiger partial charge in [-0.3, -0.25) is 4.79 Å². The molecule has 0 saturated heterocycles. The zero-order valence-electron chi connectivity index (χ0n) is 11.7. The van der Waals surface area contributed by atoms with Crippen molar-refractivity contribution in [2.24, 2.45) is 0 Å². The summed E-state index contributed by atoms with van der Waals surface area (Å²) in [4.78, 5) is 11.3. The summed E-state index contributed by atoms with van der Waals surface area (Å²) in [6.45, 7) is 9.76. The number of carbonyl (C=O) groups is 1. The van der Waals surface area contributed by atoms with Gasteiger partial charge in [0.1, 0.15) is 8.07 Å². The summed E-state index contributed by atoms with van der Waals surface area (Å²) in [7, 11) is -1.50. The second kappa shape index (κ2) is 5.41. The standard InChI is InChI=1S/C15H20O2Si/c1-13(16)17-15(2,11-12-18(3,4)5)14-9-7-6-8-10-14/h6-10H,1-5H3. The van der Waals surface area contributed by atoms with Crippen LogP contribution in [0.4, 0.5) is 0 Å². The molecule has 0 N–H and O–H groups in total.